The van der Waals surface area contributed by atoms with Gasteiger partial charge in [0.25, 0.3) is 0 Å². The van der Waals surface area contributed by atoms with Crippen LogP contribution in [0.2, 0.25) is 0 Å². The molecule has 4 N–H and O–H groups in total. The van der Waals surface area contributed by atoms with Crippen molar-refractivity contribution in [1.82, 2.24) is 0 Å². The minimum atomic E-state index is 0.179. The maximum absolute atomic E-state index is 9.11. The van der Waals surface area contributed by atoms with Crippen molar-refractivity contribution in [2.45, 2.75) is 40.0 Å². The number of aliphatic imine (C=N–C) groups is 1. The van der Waals surface area contributed by atoms with E-state index in [0.717, 1.165) is 30.7 Å². The summed E-state index contributed by atoms with van der Waals surface area (Å²) in [6.07, 6.45) is 2.84. The molecule has 1 atom stereocenters. The molecule has 0 amide bonds. The van der Waals surface area contributed by atoms with Crippen LogP contribution in [0, 0.1) is 5.92 Å². The topological polar surface area (TPSA) is 89.1 Å². The fourth-order valence-corrected chi connectivity index (χ4v) is 2.47. The molecule has 1 aromatic rings. The lowest BCUT2D eigenvalue weighted by Crippen LogP contribution is -2.24. The van der Waals surface area contributed by atoms with Crippen LogP contribution in [0.5, 0.6) is 11.5 Å². The van der Waals surface area contributed by atoms with Gasteiger partial charge in [-0.25, -0.2) is 0 Å². The minimum Gasteiger partial charge on any atom is -0.494 e. The van der Waals surface area contributed by atoms with Crippen molar-refractivity contribution in [1.29, 1.82) is 0 Å². The summed E-state index contributed by atoms with van der Waals surface area (Å²) in [5.74, 6) is 2.14. The van der Waals surface area contributed by atoms with Crippen molar-refractivity contribution in [2.24, 2.45) is 16.6 Å². The monoisotopic (exact) mass is 337 g/mol. The Morgan fingerprint density at radius 3 is 2.58 bits per heavy atom. The fourth-order valence-electron chi connectivity index (χ4n) is 2.47. The maximum atomic E-state index is 9.11. The predicted octanol–water partition coefficient (Wildman–Crippen LogP) is 3.01. The first kappa shape index (κ1) is 20.1. The molecule has 1 unspecified atom stereocenters. The van der Waals surface area contributed by atoms with Crippen molar-refractivity contribution in [3.05, 3.63) is 18.2 Å². The number of anilines is 1. The van der Waals surface area contributed by atoms with E-state index in [9.17, 15) is 0 Å². The minimum absolute atomic E-state index is 0.179. The van der Waals surface area contributed by atoms with Gasteiger partial charge in [-0.3, -0.25) is 4.99 Å². The number of nitrogens with zero attached hydrogens (tertiary/aromatic N) is 1. The number of aliphatic hydroxyl groups is 1. The Morgan fingerprint density at radius 2 is 1.96 bits per heavy atom. The second-order valence-corrected chi connectivity index (χ2v) is 5.54. The number of nitrogens with two attached hydrogens (primary N) is 1. The van der Waals surface area contributed by atoms with Crippen LogP contribution in [-0.4, -0.2) is 37.4 Å². The third-order valence-electron chi connectivity index (χ3n) is 3.58. The molecule has 6 heteroatoms. The van der Waals surface area contributed by atoms with Crippen molar-refractivity contribution in [2.75, 3.05) is 31.7 Å². The molecule has 0 heterocycles. The largest absolute Gasteiger partial charge is 0.494 e. The second kappa shape index (κ2) is 11.6. The number of rotatable bonds is 11. The van der Waals surface area contributed by atoms with E-state index < -0.39 is 0 Å². The van der Waals surface area contributed by atoms with Gasteiger partial charge in [0.05, 0.1) is 18.9 Å². The Morgan fingerprint density at radius 1 is 1.21 bits per heavy atom. The molecule has 0 aliphatic rings. The van der Waals surface area contributed by atoms with E-state index in [2.05, 4.69) is 17.2 Å². The van der Waals surface area contributed by atoms with Gasteiger partial charge in [-0.15, -0.1) is 0 Å². The lowest BCUT2D eigenvalue weighted by atomic mass is 10.0. The summed E-state index contributed by atoms with van der Waals surface area (Å²) in [6, 6.07) is 5.58. The highest BCUT2D eigenvalue weighted by Gasteiger charge is 2.09. The van der Waals surface area contributed by atoms with Gasteiger partial charge in [-0.2, -0.15) is 0 Å². The number of ether oxygens (including phenoxy) is 2. The van der Waals surface area contributed by atoms with E-state index in [0.29, 0.717) is 37.4 Å². The molecular formula is C18H31N3O3. The quantitative estimate of drug-likeness (QED) is 0.427. The van der Waals surface area contributed by atoms with Gasteiger partial charge in [-0.1, -0.05) is 13.3 Å². The number of hydrogen-bond donors (Lipinski definition) is 3. The van der Waals surface area contributed by atoms with Crippen LogP contribution in [0.1, 0.15) is 40.0 Å². The molecule has 0 radical (unpaired) electrons. The third kappa shape index (κ3) is 7.08. The van der Waals surface area contributed by atoms with Gasteiger partial charge in [0, 0.05) is 19.2 Å². The molecule has 24 heavy (non-hydrogen) atoms. The normalized spacial score (nSPS) is 12.8. The number of nitrogens with one attached hydrogen (secondary N) is 1. The van der Waals surface area contributed by atoms with E-state index >= 15 is 0 Å². The fraction of sp³-hybridized carbons (Fsp3) is 0.611. The summed E-state index contributed by atoms with van der Waals surface area (Å²) in [5.41, 5.74) is 6.75. The summed E-state index contributed by atoms with van der Waals surface area (Å²) < 4.78 is 11.1. The zero-order valence-corrected chi connectivity index (χ0v) is 15.0. The molecule has 1 aromatic carbocycles. The van der Waals surface area contributed by atoms with Gasteiger partial charge < -0.3 is 25.6 Å². The highest BCUT2D eigenvalue weighted by Crippen LogP contribution is 2.29. The summed E-state index contributed by atoms with van der Waals surface area (Å²) in [4.78, 5) is 4.41. The molecule has 136 valence electrons. The lowest BCUT2D eigenvalue weighted by Gasteiger charge is -2.15. The molecule has 0 saturated carbocycles. The number of guanidine groups is 1. The molecule has 0 aliphatic heterocycles. The Bertz CT molecular complexity index is 500. The van der Waals surface area contributed by atoms with Gasteiger partial charge in [0.1, 0.15) is 11.5 Å². The summed E-state index contributed by atoms with van der Waals surface area (Å²) in [5, 5.41) is 12.2. The van der Waals surface area contributed by atoms with Crippen molar-refractivity contribution < 1.29 is 14.6 Å². The molecule has 0 aliphatic carbocycles. The van der Waals surface area contributed by atoms with E-state index in [1.165, 1.54) is 0 Å². The Balaban J connectivity index is 2.80. The third-order valence-corrected chi connectivity index (χ3v) is 3.58. The van der Waals surface area contributed by atoms with Gasteiger partial charge in [0.15, 0.2) is 5.96 Å². The van der Waals surface area contributed by atoms with Crippen molar-refractivity contribution >= 4 is 11.6 Å². The standard InChI is InChI=1S/C18H31N3O3/c1-4-7-14(10-11-22)13-20-18(19)21-16-12-15(23-5-2)8-9-17(16)24-6-3/h8-9,12,14,22H,4-7,10-11,13H2,1-3H3,(H3,19,20,21). The first-order valence-corrected chi connectivity index (χ1v) is 8.71. The maximum Gasteiger partial charge on any atom is 0.193 e. The molecule has 0 bridgehead atoms. The average Bonchev–Trinajstić information content (AvgIpc) is 2.56. The summed E-state index contributed by atoms with van der Waals surface area (Å²) in [7, 11) is 0. The molecular weight excluding hydrogens is 306 g/mol. The molecule has 1 rings (SSSR count). The molecule has 0 fully saturated rings. The number of aliphatic hydroxyl groups excluding tert-OH is 1. The van der Waals surface area contributed by atoms with E-state index in [4.69, 9.17) is 20.3 Å². The Kier molecular flexibility index (Phi) is 9.68. The zero-order valence-electron chi connectivity index (χ0n) is 15.0. The molecule has 6 nitrogen and oxygen atoms in total. The smallest absolute Gasteiger partial charge is 0.193 e. The van der Waals surface area contributed by atoms with Crippen LogP contribution in [0.3, 0.4) is 0 Å². The van der Waals surface area contributed by atoms with Gasteiger partial charge in [-0.05, 0) is 44.7 Å². The van der Waals surface area contributed by atoms with Crippen LogP contribution >= 0.6 is 0 Å². The first-order valence-electron chi connectivity index (χ1n) is 8.71. The molecule has 0 aromatic heterocycles. The molecule has 0 spiro atoms. The van der Waals surface area contributed by atoms with E-state index in [-0.39, 0.29) is 6.61 Å². The van der Waals surface area contributed by atoms with Crippen LogP contribution in [0.25, 0.3) is 0 Å². The summed E-state index contributed by atoms with van der Waals surface area (Å²) in [6.45, 7) is 7.94. The van der Waals surface area contributed by atoms with Crippen LogP contribution in [0.4, 0.5) is 5.69 Å². The van der Waals surface area contributed by atoms with Crippen molar-refractivity contribution in [3.8, 4) is 11.5 Å². The summed E-state index contributed by atoms with van der Waals surface area (Å²) >= 11 is 0. The van der Waals surface area contributed by atoms with Gasteiger partial charge >= 0.3 is 0 Å². The van der Waals surface area contributed by atoms with Crippen LogP contribution in [0.15, 0.2) is 23.2 Å². The lowest BCUT2D eigenvalue weighted by molar-refractivity contribution is 0.253. The Labute approximate surface area is 145 Å². The number of hydrogen-bond acceptors (Lipinski definition) is 4. The van der Waals surface area contributed by atoms with Crippen LogP contribution < -0.4 is 20.5 Å². The highest BCUT2D eigenvalue weighted by atomic mass is 16.5. The first-order chi connectivity index (χ1) is 11.6. The van der Waals surface area contributed by atoms with Crippen LogP contribution in [-0.2, 0) is 0 Å². The number of benzene rings is 1. The van der Waals surface area contributed by atoms with E-state index in [1.54, 1.807) is 0 Å². The van der Waals surface area contributed by atoms with E-state index in [1.807, 2.05) is 32.0 Å². The molecule has 0 saturated heterocycles. The highest BCUT2D eigenvalue weighted by molar-refractivity contribution is 5.94. The Hall–Kier alpha value is -1.95. The SMILES string of the molecule is CCCC(CCO)CN=C(N)Nc1cc(OCC)ccc1OCC. The predicted molar refractivity (Wildman–Crippen MR) is 99.0 cm³/mol. The van der Waals surface area contributed by atoms with Gasteiger partial charge in [0.2, 0.25) is 0 Å². The zero-order chi connectivity index (χ0) is 17.8. The van der Waals surface area contributed by atoms with Crippen molar-refractivity contribution in [3.63, 3.8) is 0 Å². The second-order valence-electron chi connectivity index (χ2n) is 5.54. The average molecular weight is 337 g/mol.